The van der Waals surface area contributed by atoms with Crippen LogP contribution < -0.4 is 9.62 Å². The van der Waals surface area contributed by atoms with Crippen LogP contribution in [0.1, 0.15) is 38.3 Å². The predicted octanol–water partition coefficient (Wildman–Crippen LogP) is 3.02. The van der Waals surface area contributed by atoms with E-state index in [1.165, 1.54) is 11.0 Å². The standard InChI is InChI=1S/C19H25FN2O3S/c1-6-26(24,25)21-14(4)12(2)9-13(3)16-10-15-7-8-19(23)22(5)18(15)11-17(16)20/h9-11,14,21H,3,6-8H2,1-2,4-5H3. The first kappa shape index (κ1) is 20.3. The summed E-state index contributed by atoms with van der Waals surface area (Å²) in [5.41, 5.74) is 3.04. The Morgan fingerprint density at radius 3 is 2.69 bits per heavy atom. The maximum atomic E-state index is 14.6. The number of nitrogens with one attached hydrogen (secondary N) is 1. The van der Waals surface area contributed by atoms with E-state index in [1.54, 1.807) is 40.0 Å². The van der Waals surface area contributed by atoms with E-state index in [2.05, 4.69) is 11.3 Å². The minimum Gasteiger partial charge on any atom is -0.315 e. The van der Waals surface area contributed by atoms with Crippen LogP contribution in [0.5, 0.6) is 0 Å². The lowest BCUT2D eigenvalue weighted by Gasteiger charge is -2.26. The number of benzene rings is 1. The van der Waals surface area contributed by atoms with E-state index in [1.807, 2.05) is 0 Å². The fourth-order valence-corrected chi connectivity index (χ4v) is 3.72. The molecule has 1 aromatic rings. The highest BCUT2D eigenvalue weighted by Crippen LogP contribution is 2.32. The van der Waals surface area contributed by atoms with Gasteiger partial charge >= 0.3 is 0 Å². The predicted molar refractivity (Wildman–Crippen MR) is 103 cm³/mol. The van der Waals surface area contributed by atoms with Gasteiger partial charge in [-0.15, -0.1) is 0 Å². The number of carbonyl (C=O) groups excluding carboxylic acids is 1. The number of nitrogens with zero attached hydrogens (tertiary/aromatic N) is 1. The molecule has 1 aromatic carbocycles. The molecule has 0 aliphatic carbocycles. The van der Waals surface area contributed by atoms with E-state index in [0.29, 0.717) is 29.7 Å². The minimum absolute atomic E-state index is 0.00272. The van der Waals surface area contributed by atoms with Gasteiger partial charge in [-0.3, -0.25) is 4.79 Å². The molecule has 2 rings (SSSR count). The lowest BCUT2D eigenvalue weighted by atomic mass is 9.95. The second-order valence-electron chi connectivity index (χ2n) is 6.57. The average Bonchev–Trinajstić information content (AvgIpc) is 2.57. The zero-order chi connectivity index (χ0) is 19.6. The number of sulfonamides is 1. The molecule has 0 saturated heterocycles. The van der Waals surface area contributed by atoms with Gasteiger partial charge in [0.05, 0.1) is 5.75 Å². The number of allylic oxidation sites excluding steroid dienone is 2. The highest BCUT2D eigenvalue weighted by atomic mass is 32.2. The van der Waals surface area contributed by atoms with E-state index < -0.39 is 21.9 Å². The van der Waals surface area contributed by atoms with Crippen molar-refractivity contribution in [2.24, 2.45) is 0 Å². The Kier molecular flexibility index (Phi) is 6.03. The van der Waals surface area contributed by atoms with Crippen LogP contribution in [0.3, 0.4) is 0 Å². The van der Waals surface area contributed by atoms with Crippen LogP contribution in [0.15, 0.2) is 30.4 Å². The van der Waals surface area contributed by atoms with E-state index in [9.17, 15) is 17.6 Å². The zero-order valence-corrected chi connectivity index (χ0v) is 16.4. The molecular formula is C19H25FN2O3S. The van der Waals surface area contributed by atoms with Crippen LogP contribution in [0.25, 0.3) is 5.57 Å². The third kappa shape index (κ3) is 4.40. The van der Waals surface area contributed by atoms with Gasteiger partial charge in [0.1, 0.15) is 5.82 Å². The molecule has 1 N–H and O–H groups in total. The summed E-state index contributed by atoms with van der Waals surface area (Å²) in [6, 6.07) is 2.67. The van der Waals surface area contributed by atoms with E-state index in [-0.39, 0.29) is 11.7 Å². The van der Waals surface area contributed by atoms with Gasteiger partial charge in [-0.05, 0) is 50.5 Å². The maximum absolute atomic E-state index is 14.6. The molecule has 0 bridgehead atoms. The molecule has 142 valence electrons. The van der Waals surface area contributed by atoms with Gasteiger partial charge in [0.15, 0.2) is 0 Å². The lowest BCUT2D eigenvalue weighted by molar-refractivity contribution is -0.118. The van der Waals surface area contributed by atoms with E-state index in [0.717, 1.165) is 11.1 Å². The second-order valence-corrected chi connectivity index (χ2v) is 8.61. The molecule has 0 saturated carbocycles. The highest BCUT2D eigenvalue weighted by Gasteiger charge is 2.23. The monoisotopic (exact) mass is 380 g/mol. The van der Waals surface area contributed by atoms with Crippen molar-refractivity contribution >= 4 is 27.2 Å². The molecule has 1 atom stereocenters. The number of aryl methyl sites for hydroxylation is 1. The minimum atomic E-state index is -3.33. The molecule has 1 aliphatic heterocycles. The molecule has 0 spiro atoms. The number of rotatable bonds is 6. The molecule has 1 unspecified atom stereocenters. The third-order valence-electron chi connectivity index (χ3n) is 4.68. The maximum Gasteiger partial charge on any atom is 0.227 e. The fourth-order valence-electron chi connectivity index (χ4n) is 2.83. The molecular weight excluding hydrogens is 355 g/mol. The highest BCUT2D eigenvalue weighted by molar-refractivity contribution is 7.89. The van der Waals surface area contributed by atoms with Gasteiger partial charge in [0.25, 0.3) is 0 Å². The third-order valence-corrected chi connectivity index (χ3v) is 6.15. The van der Waals surface area contributed by atoms with Gasteiger partial charge in [0.2, 0.25) is 15.9 Å². The first-order valence-electron chi connectivity index (χ1n) is 8.52. The largest absolute Gasteiger partial charge is 0.315 e. The number of hydrogen-bond acceptors (Lipinski definition) is 3. The Morgan fingerprint density at radius 1 is 1.42 bits per heavy atom. The normalized spacial score (nSPS) is 16.4. The van der Waals surface area contributed by atoms with Crippen molar-refractivity contribution in [2.45, 2.75) is 39.7 Å². The van der Waals surface area contributed by atoms with Crippen LogP contribution in [-0.4, -0.2) is 33.2 Å². The van der Waals surface area contributed by atoms with Crippen molar-refractivity contribution in [2.75, 3.05) is 17.7 Å². The molecule has 1 aliphatic rings. The van der Waals surface area contributed by atoms with Crippen LogP contribution in [0.4, 0.5) is 10.1 Å². The van der Waals surface area contributed by atoms with Crippen molar-refractivity contribution in [3.8, 4) is 0 Å². The Morgan fingerprint density at radius 2 is 2.08 bits per heavy atom. The molecule has 5 nitrogen and oxygen atoms in total. The first-order valence-corrected chi connectivity index (χ1v) is 10.2. The first-order chi connectivity index (χ1) is 12.1. The van der Waals surface area contributed by atoms with Crippen LogP contribution in [-0.2, 0) is 21.2 Å². The summed E-state index contributed by atoms with van der Waals surface area (Å²) < 4.78 is 40.5. The molecule has 7 heteroatoms. The SMILES string of the molecule is C=C(C=C(C)C(C)NS(=O)(=O)CC)c1cc2c(cc1F)N(C)C(=O)CC2. The summed E-state index contributed by atoms with van der Waals surface area (Å²) in [4.78, 5) is 13.2. The summed E-state index contributed by atoms with van der Waals surface area (Å²) in [7, 11) is -1.69. The van der Waals surface area contributed by atoms with Crippen LogP contribution in [0.2, 0.25) is 0 Å². The molecule has 1 heterocycles. The van der Waals surface area contributed by atoms with Gasteiger partial charge < -0.3 is 4.90 Å². The fraction of sp³-hybridized carbons (Fsp3) is 0.421. The molecule has 26 heavy (non-hydrogen) atoms. The number of hydrogen-bond donors (Lipinski definition) is 1. The summed E-state index contributed by atoms with van der Waals surface area (Å²) >= 11 is 0. The lowest BCUT2D eigenvalue weighted by Crippen LogP contribution is -2.34. The van der Waals surface area contributed by atoms with Crippen molar-refractivity contribution in [1.29, 1.82) is 0 Å². The Bertz CT molecular complexity index is 875. The van der Waals surface area contributed by atoms with Crippen molar-refractivity contribution in [3.05, 3.63) is 47.3 Å². The topological polar surface area (TPSA) is 66.5 Å². The number of halogens is 1. The van der Waals surface area contributed by atoms with Gasteiger partial charge in [-0.2, -0.15) is 0 Å². The number of carbonyl (C=O) groups is 1. The number of anilines is 1. The average molecular weight is 380 g/mol. The van der Waals surface area contributed by atoms with Crippen molar-refractivity contribution < 1.29 is 17.6 Å². The number of fused-ring (bicyclic) bond motifs is 1. The Labute approximate surface area is 154 Å². The van der Waals surface area contributed by atoms with Crippen LogP contribution >= 0.6 is 0 Å². The summed E-state index contributed by atoms with van der Waals surface area (Å²) in [6.07, 6.45) is 2.64. The Hall–Kier alpha value is -1.99. The smallest absolute Gasteiger partial charge is 0.227 e. The van der Waals surface area contributed by atoms with Crippen molar-refractivity contribution in [3.63, 3.8) is 0 Å². The molecule has 0 aromatic heterocycles. The summed E-state index contributed by atoms with van der Waals surface area (Å²) in [5, 5.41) is 0. The van der Waals surface area contributed by atoms with Crippen molar-refractivity contribution in [1.82, 2.24) is 4.72 Å². The van der Waals surface area contributed by atoms with Crippen LogP contribution in [0, 0.1) is 5.82 Å². The zero-order valence-electron chi connectivity index (χ0n) is 15.6. The molecule has 1 amide bonds. The van der Waals surface area contributed by atoms with E-state index >= 15 is 0 Å². The molecule has 0 fully saturated rings. The Balaban J connectivity index is 2.28. The summed E-state index contributed by atoms with van der Waals surface area (Å²) in [6.45, 7) is 9.01. The van der Waals surface area contributed by atoms with E-state index in [4.69, 9.17) is 0 Å². The van der Waals surface area contributed by atoms with Gasteiger partial charge in [0, 0.05) is 30.8 Å². The summed E-state index contributed by atoms with van der Waals surface area (Å²) in [5.74, 6) is -0.491. The second kappa shape index (κ2) is 7.72. The molecule has 0 radical (unpaired) electrons. The van der Waals surface area contributed by atoms with Gasteiger partial charge in [-0.1, -0.05) is 18.2 Å². The van der Waals surface area contributed by atoms with Gasteiger partial charge in [-0.25, -0.2) is 17.5 Å². The number of amides is 1. The quantitative estimate of drug-likeness (QED) is 0.772.